The van der Waals surface area contributed by atoms with Crippen LogP contribution in [0.5, 0.6) is 0 Å². The number of carbonyl (C=O) groups excluding carboxylic acids is 1. The lowest BCUT2D eigenvalue weighted by Crippen LogP contribution is -2.42. The number of hydrogen-bond acceptors (Lipinski definition) is 4. The molecule has 1 saturated heterocycles. The van der Waals surface area contributed by atoms with E-state index in [1.807, 2.05) is 4.90 Å². The van der Waals surface area contributed by atoms with Crippen molar-refractivity contribution in [2.24, 2.45) is 11.7 Å². The molecule has 0 bridgehead atoms. The van der Waals surface area contributed by atoms with Gasteiger partial charge >= 0.3 is 6.03 Å². The predicted molar refractivity (Wildman–Crippen MR) is 91.3 cm³/mol. The van der Waals surface area contributed by atoms with Crippen LogP contribution >= 0.6 is 11.3 Å². The van der Waals surface area contributed by atoms with Crippen LogP contribution in [0.1, 0.15) is 24.8 Å². The van der Waals surface area contributed by atoms with Gasteiger partial charge in [0, 0.05) is 19.2 Å². The van der Waals surface area contributed by atoms with E-state index < -0.39 is 0 Å². The third-order valence-corrected chi connectivity index (χ3v) is 5.20. The monoisotopic (exact) mass is 336 g/mol. The molecule has 1 aromatic heterocycles. The minimum absolute atomic E-state index is 0.136. The Labute approximate surface area is 138 Å². The van der Waals surface area contributed by atoms with Gasteiger partial charge in [0.25, 0.3) is 0 Å². The summed E-state index contributed by atoms with van der Waals surface area (Å²) in [4.78, 5) is 18.5. The number of fused-ring (bicyclic) bond motifs is 1. The second kappa shape index (κ2) is 6.80. The summed E-state index contributed by atoms with van der Waals surface area (Å²) in [5.74, 6) is 0.202. The van der Waals surface area contributed by atoms with Crippen molar-refractivity contribution in [1.29, 1.82) is 0 Å². The topological polar surface area (TPSA) is 71.2 Å². The number of likely N-dealkylation sites (tertiary alicyclic amines) is 1. The van der Waals surface area contributed by atoms with E-state index in [0.29, 0.717) is 28.7 Å². The Balaban J connectivity index is 1.70. The molecule has 23 heavy (non-hydrogen) atoms. The third kappa shape index (κ3) is 3.61. The van der Waals surface area contributed by atoms with Crippen molar-refractivity contribution in [1.82, 2.24) is 9.88 Å². The maximum atomic E-state index is 13.6. The van der Waals surface area contributed by atoms with Crippen LogP contribution in [0.2, 0.25) is 0 Å². The van der Waals surface area contributed by atoms with E-state index in [0.717, 1.165) is 37.1 Å². The summed E-state index contributed by atoms with van der Waals surface area (Å²) in [5, 5.41) is 3.35. The van der Waals surface area contributed by atoms with Crippen LogP contribution in [0, 0.1) is 18.7 Å². The number of aryl methyl sites for hydroxylation is 1. The molecular weight excluding hydrogens is 315 g/mol. The maximum absolute atomic E-state index is 13.6. The Hall–Kier alpha value is -1.73. The molecule has 2 heterocycles. The molecule has 1 fully saturated rings. The summed E-state index contributed by atoms with van der Waals surface area (Å²) in [6.07, 6.45) is 3.08. The molecule has 7 heteroatoms. The van der Waals surface area contributed by atoms with Crippen LogP contribution in [-0.2, 0) is 0 Å². The molecule has 2 amide bonds. The fourth-order valence-corrected chi connectivity index (χ4v) is 3.93. The zero-order valence-corrected chi connectivity index (χ0v) is 14.0. The molecule has 1 aromatic carbocycles. The Morgan fingerprint density at radius 1 is 1.57 bits per heavy atom. The fourth-order valence-electron chi connectivity index (χ4n) is 2.99. The number of nitrogens with zero attached hydrogens (tertiary/aromatic N) is 2. The van der Waals surface area contributed by atoms with E-state index >= 15 is 0 Å². The molecule has 0 saturated carbocycles. The van der Waals surface area contributed by atoms with Crippen molar-refractivity contribution in [2.45, 2.75) is 26.2 Å². The lowest BCUT2D eigenvalue weighted by Gasteiger charge is -2.32. The lowest BCUT2D eigenvalue weighted by molar-refractivity contribution is 0.175. The van der Waals surface area contributed by atoms with Crippen LogP contribution in [0.3, 0.4) is 0 Å². The van der Waals surface area contributed by atoms with E-state index in [2.05, 4.69) is 10.3 Å². The number of carbonyl (C=O) groups is 1. The Morgan fingerprint density at radius 3 is 3.17 bits per heavy atom. The highest BCUT2D eigenvalue weighted by atomic mass is 32.1. The van der Waals surface area contributed by atoms with Gasteiger partial charge in [-0.3, -0.25) is 5.32 Å². The molecule has 1 aliphatic rings. The number of amides is 2. The standard InChI is InChI=1S/C16H21FN4OS/c1-10-7-14-13(8-12(10)17)19-15(23-14)20-16(22)21-6-2-3-11(9-21)4-5-18/h7-8,11H,2-6,9,18H2,1H3,(H,19,20,22). The van der Waals surface area contributed by atoms with Gasteiger partial charge in [-0.15, -0.1) is 0 Å². The van der Waals surface area contributed by atoms with Gasteiger partial charge in [0.05, 0.1) is 10.2 Å². The number of anilines is 1. The minimum atomic E-state index is -0.277. The zero-order chi connectivity index (χ0) is 16.4. The average Bonchev–Trinajstić information content (AvgIpc) is 2.89. The molecule has 124 valence electrons. The van der Waals surface area contributed by atoms with Gasteiger partial charge in [-0.1, -0.05) is 11.3 Å². The highest BCUT2D eigenvalue weighted by molar-refractivity contribution is 7.22. The van der Waals surface area contributed by atoms with E-state index in [-0.39, 0.29) is 11.8 Å². The van der Waals surface area contributed by atoms with Crippen molar-refractivity contribution >= 4 is 32.7 Å². The quantitative estimate of drug-likeness (QED) is 0.903. The first-order chi connectivity index (χ1) is 11.1. The van der Waals surface area contributed by atoms with Crippen LogP contribution in [0.15, 0.2) is 12.1 Å². The molecule has 1 unspecified atom stereocenters. The third-order valence-electron chi connectivity index (χ3n) is 4.26. The first-order valence-corrected chi connectivity index (χ1v) is 8.71. The lowest BCUT2D eigenvalue weighted by atomic mass is 9.95. The van der Waals surface area contributed by atoms with Gasteiger partial charge in [-0.25, -0.2) is 14.2 Å². The zero-order valence-electron chi connectivity index (χ0n) is 13.1. The first-order valence-electron chi connectivity index (χ1n) is 7.89. The van der Waals surface area contributed by atoms with E-state index in [1.54, 1.807) is 13.0 Å². The van der Waals surface area contributed by atoms with Crippen LogP contribution in [0.4, 0.5) is 14.3 Å². The van der Waals surface area contributed by atoms with Crippen LogP contribution in [-0.4, -0.2) is 35.5 Å². The van der Waals surface area contributed by atoms with Gasteiger partial charge in [-0.2, -0.15) is 0 Å². The highest BCUT2D eigenvalue weighted by Gasteiger charge is 2.23. The smallest absolute Gasteiger partial charge is 0.323 e. The van der Waals surface area contributed by atoms with Crippen LogP contribution in [0.25, 0.3) is 10.2 Å². The number of urea groups is 1. The number of piperidine rings is 1. The van der Waals surface area contributed by atoms with Crippen molar-refractivity contribution in [3.05, 3.63) is 23.5 Å². The normalized spacial score (nSPS) is 18.4. The SMILES string of the molecule is Cc1cc2sc(NC(=O)N3CCCC(CCN)C3)nc2cc1F. The largest absolute Gasteiger partial charge is 0.330 e. The van der Waals surface area contributed by atoms with Crippen molar-refractivity contribution in [2.75, 3.05) is 25.0 Å². The van der Waals surface area contributed by atoms with Crippen LogP contribution < -0.4 is 11.1 Å². The molecule has 0 aliphatic carbocycles. The Morgan fingerprint density at radius 2 is 2.39 bits per heavy atom. The Bertz CT molecular complexity index is 676. The predicted octanol–water partition coefficient (Wildman–Crippen LogP) is 3.34. The molecular formula is C16H21FN4OS. The number of hydrogen-bond donors (Lipinski definition) is 2. The molecule has 5 nitrogen and oxygen atoms in total. The van der Waals surface area contributed by atoms with Gasteiger partial charge in [0.2, 0.25) is 0 Å². The van der Waals surface area contributed by atoms with Gasteiger partial charge in [-0.05, 0) is 50.3 Å². The number of aromatic nitrogens is 1. The van der Waals surface area contributed by atoms with Crippen molar-refractivity contribution < 1.29 is 9.18 Å². The number of halogens is 1. The fraction of sp³-hybridized carbons (Fsp3) is 0.500. The number of nitrogens with one attached hydrogen (secondary N) is 1. The summed E-state index contributed by atoms with van der Waals surface area (Å²) in [6.45, 7) is 3.87. The second-order valence-corrected chi connectivity index (χ2v) is 7.08. The van der Waals surface area contributed by atoms with E-state index in [1.165, 1.54) is 17.4 Å². The van der Waals surface area contributed by atoms with Gasteiger partial charge in [0.1, 0.15) is 5.82 Å². The van der Waals surface area contributed by atoms with E-state index in [9.17, 15) is 9.18 Å². The summed E-state index contributed by atoms with van der Waals surface area (Å²) in [5.41, 5.74) is 6.77. The molecule has 2 aromatic rings. The van der Waals surface area contributed by atoms with Gasteiger partial charge in [0.15, 0.2) is 5.13 Å². The van der Waals surface area contributed by atoms with Crippen molar-refractivity contribution in [3.63, 3.8) is 0 Å². The highest BCUT2D eigenvalue weighted by Crippen LogP contribution is 2.28. The number of nitrogens with two attached hydrogens (primary N) is 1. The Kier molecular flexibility index (Phi) is 4.77. The maximum Gasteiger partial charge on any atom is 0.323 e. The summed E-state index contributed by atoms with van der Waals surface area (Å²) in [6, 6.07) is 3.04. The number of thiazole rings is 1. The summed E-state index contributed by atoms with van der Waals surface area (Å²) in [7, 11) is 0. The molecule has 3 rings (SSSR count). The number of benzene rings is 1. The molecule has 0 radical (unpaired) electrons. The van der Waals surface area contributed by atoms with Crippen molar-refractivity contribution in [3.8, 4) is 0 Å². The second-order valence-electron chi connectivity index (χ2n) is 6.05. The molecule has 1 aliphatic heterocycles. The molecule has 3 N–H and O–H groups in total. The molecule has 0 spiro atoms. The summed E-state index contributed by atoms with van der Waals surface area (Å²) >= 11 is 1.37. The first kappa shape index (κ1) is 16.1. The minimum Gasteiger partial charge on any atom is -0.330 e. The summed E-state index contributed by atoms with van der Waals surface area (Å²) < 4.78 is 14.5. The average molecular weight is 336 g/mol. The van der Waals surface area contributed by atoms with Gasteiger partial charge < -0.3 is 10.6 Å². The molecule has 1 atom stereocenters. The van der Waals surface area contributed by atoms with E-state index in [4.69, 9.17) is 5.73 Å². The number of rotatable bonds is 3.